The Kier molecular flexibility index (Phi) is 2.13. The number of piperidine rings is 1. The molecule has 2 aliphatic heterocycles. The fourth-order valence-electron chi connectivity index (χ4n) is 2.08. The van der Waals surface area contributed by atoms with Crippen LogP contribution < -0.4 is 5.84 Å². The first-order valence-electron chi connectivity index (χ1n) is 4.27. The lowest BCUT2D eigenvalue weighted by Crippen LogP contribution is -2.65. The lowest BCUT2D eigenvalue weighted by atomic mass is 9.94. The summed E-state index contributed by atoms with van der Waals surface area (Å²) in [5.41, 5.74) is 0. The molecule has 5 nitrogen and oxygen atoms in total. The third-order valence-electron chi connectivity index (χ3n) is 2.84. The molecule has 0 amide bonds. The standard InChI is InChI=1S/C8H14N2O3/c1-13-8-6(11)4-2-3-5(7(8)12)10(4)9/h2-8,11-12H,9H2,1H3/t4-,5+,6+,7-,8?. The predicted molar refractivity (Wildman–Crippen MR) is 45.6 cm³/mol. The van der Waals surface area contributed by atoms with Gasteiger partial charge in [-0.15, -0.1) is 0 Å². The number of nitrogens with two attached hydrogens (primary N) is 1. The number of ether oxygens (including phenoxy) is 1. The Balaban J connectivity index is 2.25. The molecule has 1 unspecified atom stereocenters. The van der Waals surface area contributed by atoms with Crippen molar-refractivity contribution in [3.63, 3.8) is 0 Å². The summed E-state index contributed by atoms with van der Waals surface area (Å²) in [6.07, 6.45) is 1.53. The molecule has 13 heavy (non-hydrogen) atoms. The van der Waals surface area contributed by atoms with Crippen LogP contribution in [-0.2, 0) is 4.74 Å². The molecule has 4 N–H and O–H groups in total. The highest BCUT2D eigenvalue weighted by Gasteiger charge is 2.48. The third kappa shape index (κ3) is 1.13. The Labute approximate surface area is 76.4 Å². The van der Waals surface area contributed by atoms with Crippen LogP contribution in [0.15, 0.2) is 12.2 Å². The van der Waals surface area contributed by atoms with Crippen molar-refractivity contribution in [2.24, 2.45) is 5.84 Å². The van der Waals surface area contributed by atoms with Crippen LogP contribution >= 0.6 is 0 Å². The molecule has 5 heteroatoms. The van der Waals surface area contributed by atoms with E-state index in [-0.39, 0.29) is 12.1 Å². The monoisotopic (exact) mass is 186 g/mol. The molecule has 0 spiro atoms. The highest BCUT2D eigenvalue weighted by molar-refractivity contribution is 5.20. The number of rotatable bonds is 1. The second-order valence-electron chi connectivity index (χ2n) is 3.49. The normalized spacial score (nSPS) is 50.0. The molecule has 0 saturated carbocycles. The summed E-state index contributed by atoms with van der Waals surface area (Å²) in [7, 11) is 1.47. The van der Waals surface area contributed by atoms with Gasteiger partial charge in [-0.1, -0.05) is 12.2 Å². The van der Waals surface area contributed by atoms with Crippen molar-refractivity contribution in [2.45, 2.75) is 30.4 Å². The smallest absolute Gasteiger partial charge is 0.113 e. The molecule has 0 radical (unpaired) electrons. The molecule has 2 bridgehead atoms. The Morgan fingerprint density at radius 3 is 2.08 bits per heavy atom. The molecular weight excluding hydrogens is 172 g/mol. The first-order chi connectivity index (χ1) is 6.16. The average molecular weight is 186 g/mol. The quantitative estimate of drug-likeness (QED) is 0.333. The molecule has 5 atom stereocenters. The third-order valence-corrected chi connectivity index (χ3v) is 2.84. The lowest BCUT2D eigenvalue weighted by molar-refractivity contribution is -0.150. The van der Waals surface area contributed by atoms with Gasteiger partial charge in [0.15, 0.2) is 0 Å². The molecule has 0 aliphatic carbocycles. The van der Waals surface area contributed by atoms with Crippen LogP contribution in [0.25, 0.3) is 0 Å². The number of fused-ring (bicyclic) bond motifs is 2. The molecular formula is C8H14N2O3. The number of nitrogens with zero attached hydrogens (tertiary/aromatic N) is 1. The Morgan fingerprint density at radius 2 is 1.69 bits per heavy atom. The van der Waals surface area contributed by atoms with Crippen LogP contribution in [0.2, 0.25) is 0 Å². The fraction of sp³-hybridized carbons (Fsp3) is 0.750. The Bertz CT molecular complexity index is 213. The molecule has 0 aromatic carbocycles. The predicted octanol–water partition coefficient (Wildman–Crippen LogP) is -1.78. The minimum absolute atomic E-state index is 0.238. The van der Waals surface area contributed by atoms with Gasteiger partial charge < -0.3 is 14.9 Å². The first-order valence-corrected chi connectivity index (χ1v) is 4.27. The number of hydrogen-bond acceptors (Lipinski definition) is 5. The maximum atomic E-state index is 9.74. The van der Waals surface area contributed by atoms with Crippen LogP contribution in [0.5, 0.6) is 0 Å². The van der Waals surface area contributed by atoms with Crippen LogP contribution in [0.3, 0.4) is 0 Å². The van der Waals surface area contributed by atoms with Gasteiger partial charge in [-0.05, 0) is 0 Å². The summed E-state index contributed by atoms with van der Waals surface area (Å²) in [6.45, 7) is 0. The number of methoxy groups -OCH3 is 1. The number of hydrazine groups is 1. The summed E-state index contributed by atoms with van der Waals surface area (Å²) in [5.74, 6) is 5.68. The van der Waals surface area contributed by atoms with Gasteiger partial charge in [-0.25, -0.2) is 5.01 Å². The van der Waals surface area contributed by atoms with E-state index in [4.69, 9.17) is 10.6 Å². The summed E-state index contributed by atoms with van der Waals surface area (Å²) >= 11 is 0. The van der Waals surface area contributed by atoms with Crippen molar-refractivity contribution in [1.29, 1.82) is 0 Å². The molecule has 1 fully saturated rings. The summed E-state index contributed by atoms with van der Waals surface area (Å²) in [5, 5.41) is 20.9. The van der Waals surface area contributed by atoms with Crippen molar-refractivity contribution in [2.75, 3.05) is 7.11 Å². The summed E-state index contributed by atoms with van der Waals surface area (Å²) in [4.78, 5) is 0. The van der Waals surface area contributed by atoms with Crippen molar-refractivity contribution < 1.29 is 14.9 Å². The van der Waals surface area contributed by atoms with Gasteiger partial charge in [0.1, 0.15) is 18.3 Å². The number of hydrogen-bond donors (Lipinski definition) is 3. The van der Waals surface area contributed by atoms with Gasteiger partial charge in [0.25, 0.3) is 0 Å². The first kappa shape index (κ1) is 9.11. The number of aliphatic hydroxyl groups excluding tert-OH is 2. The van der Waals surface area contributed by atoms with Crippen LogP contribution in [0.1, 0.15) is 0 Å². The summed E-state index contributed by atoms with van der Waals surface area (Å²) < 4.78 is 5.02. The maximum Gasteiger partial charge on any atom is 0.113 e. The molecule has 2 rings (SSSR count). The van der Waals surface area contributed by atoms with E-state index in [1.54, 1.807) is 12.2 Å². The van der Waals surface area contributed by atoms with E-state index < -0.39 is 18.3 Å². The van der Waals surface area contributed by atoms with Crippen LogP contribution in [-0.4, -0.2) is 52.7 Å². The minimum atomic E-state index is -0.764. The van der Waals surface area contributed by atoms with Crippen molar-refractivity contribution in [3.8, 4) is 0 Å². The molecule has 2 heterocycles. The van der Waals surface area contributed by atoms with Crippen molar-refractivity contribution >= 4 is 0 Å². The highest BCUT2D eigenvalue weighted by atomic mass is 16.5. The van der Waals surface area contributed by atoms with Gasteiger partial charge in [0.05, 0.1) is 12.1 Å². The number of aliphatic hydroxyl groups is 2. The molecule has 0 aromatic rings. The summed E-state index contributed by atoms with van der Waals surface area (Å²) in [6, 6.07) is -0.475. The second-order valence-corrected chi connectivity index (χ2v) is 3.49. The van der Waals surface area contributed by atoms with Crippen molar-refractivity contribution in [1.82, 2.24) is 5.01 Å². The zero-order chi connectivity index (χ0) is 9.59. The maximum absolute atomic E-state index is 9.74. The largest absolute Gasteiger partial charge is 0.388 e. The zero-order valence-electron chi connectivity index (χ0n) is 7.37. The topological polar surface area (TPSA) is 79.0 Å². The minimum Gasteiger partial charge on any atom is -0.388 e. The van der Waals surface area contributed by atoms with Crippen LogP contribution in [0, 0.1) is 0 Å². The second kappa shape index (κ2) is 3.04. The van der Waals surface area contributed by atoms with Gasteiger partial charge in [-0.2, -0.15) is 0 Å². The van der Waals surface area contributed by atoms with E-state index in [2.05, 4.69) is 0 Å². The molecule has 74 valence electrons. The highest BCUT2D eigenvalue weighted by Crippen LogP contribution is 2.29. The molecule has 1 saturated heterocycles. The Hall–Kier alpha value is -0.460. The van der Waals surface area contributed by atoms with Crippen molar-refractivity contribution in [3.05, 3.63) is 12.2 Å². The fourth-order valence-corrected chi connectivity index (χ4v) is 2.08. The van der Waals surface area contributed by atoms with E-state index in [9.17, 15) is 10.2 Å². The van der Waals surface area contributed by atoms with E-state index in [1.165, 1.54) is 12.1 Å². The van der Waals surface area contributed by atoms with Gasteiger partial charge >= 0.3 is 0 Å². The average Bonchev–Trinajstić information content (AvgIpc) is 2.41. The Morgan fingerprint density at radius 1 is 1.23 bits per heavy atom. The molecule has 2 aliphatic rings. The SMILES string of the molecule is COC1[C@@H](O)[C@H]2C=C[C@@H]([C@H]1O)N2N. The lowest BCUT2D eigenvalue weighted by Gasteiger charge is -2.42. The molecule has 0 aromatic heterocycles. The van der Waals surface area contributed by atoms with Gasteiger partial charge in [-0.3, -0.25) is 5.84 Å². The van der Waals surface area contributed by atoms with E-state index in [0.29, 0.717) is 0 Å². The zero-order valence-corrected chi connectivity index (χ0v) is 7.37. The van der Waals surface area contributed by atoms with Gasteiger partial charge in [0, 0.05) is 7.11 Å². The van der Waals surface area contributed by atoms with Gasteiger partial charge in [0.2, 0.25) is 0 Å². The van der Waals surface area contributed by atoms with E-state index >= 15 is 0 Å². The van der Waals surface area contributed by atoms with Crippen LogP contribution in [0.4, 0.5) is 0 Å². The van der Waals surface area contributed by atoms with E-state index in [0.717, 1.165) is 0 Å². The van der Waals surface area contributed by atoms with E-state index in [1.807, 2.05) is 0 Å².